The van der Waals surface area contributed by atoms with E-state index in [-0.39, 0.29) is 17.9 Å². The highest BCUT2D eigenvalue weighted by molar-refractivity contribution is 5.99. The number of rotatable bonds is 3. The van der Waals surface area contributed by atoms with Crippen molar-refractivity contribution in [2.75, 3.05) is 10.6 Å². The van der Waals surface area contributed by atoms with Crippen LogP contribution in [-0.4, -0.2) is 6.03 Å². The van der Waals surface area contributed by atoms with Crippen LogP contribution in [0.25, 0.3) is 0 Å². The van der Waals surface area contributed by atoms with E-state index in [9.17, 15) is 9.18 Å². The highest BCUT2D eigenvalue weighted by atomic mass is 19.1. The van der Waals surface area contributed by atoms with Crippen LogP contribution in [-0.2, 0) is 0 Å². The van der Waals surface area contributed by atoms with Crippen molar-refractivity contribution in [1.29, 1.82) is 0 Å². The Morgan fingerprint density at radius 3 is 2.43 bits per heavy atom. The van der Waals surface area contributed by atoms with Crippen molar-refractivity contribution in [3.63, 3.8) is 0 Å². The van der Waals surface area contributed by atoms with E-state index in [4.69, 9.17) is 5.73 Å². The summed E-state index contributed by atoms with van der Waals surface area (Å²) in [6.45, 7) is 3.52. The summed E-state index contributed by atoms with van der Waals surface area (Å²) in [5.74, 6) is -0.300. The molecule has 110 valence electrons. The number of anilines is 2. The minimum Gasteiger partial charge on any atom is -0.324 e. The molecule has 0 heterocycles. The van der Waals surface area contributed by atoms with E-state index in [0.717, 1.165) is 5.56 Å². The van der Waals surface area contributed by atoms with Gasteiger partial charge in [-0.15, -0.1) is 0 Å². The molecule has 2 aromatic rings. The fourth-order valence-electron chi connectivity index (χ4n) is 1.92. The largest absolute Gasteiger partial charge is 0.324 e. The summed E-state index contributed by atoms with van der Waals surface area (Å²) < 4.78 is 13.2. The first kappa shape index (κ1) is 15.0. The van der Waals surface area contributed by atoms with E-state index in [1.165, 1.54) is 12.1 Å². The molecule has 0 aliphatic rings. The van der Waals surface area contributed by atoms with Crippen LogP contribution in [0.15, 0.2) is 42.5 Å². The summed E-state index contributed by atoms with van der Waals surface area (Å²) in [7, 11) is 0. The maximum atomic E-state index is 13.2. The molecular weight excluding hydrogens is 269 g/mol. The zero-order valence-electron chi connectivity index (χ0n) is 12.0. The maximum Gasteiger partial charge on any atom is 0.323 e. The average molecular weight is 287 g/mol. The quantitative estimate of drug-likeness (QED) is 0.803. The van der Waals surface area contributed by atoms with E-state index < -0.39 is 0 Å². The van der Waals surface area contributed by atoms with Gasteiger partial charge in [-0.3, -0.25) is 0 Å². The van der Waals surface area contributed by atoms with Gasteiger partial charge in [0, 0.05) is 17.4 Å². The van der Waals surface area contributed by atoms with Gasteiger partial charge in [-0.05, 0) is 55.3 Å². The predicted octanol–water partition coefficient (Wildman–Crippen LogP) is 3.80. The topological polar surface area (TPSA) is 67.2 Å². The summed E-state index contributed by atoms with van der Waals surface area (Å²) in [4.78, 5) is 11.9. The molecule has 2 aromatic carbocycles. The van der Waals surface area contributed by atoms with Gasteiger partial charge >= 0.3 is 6.03 Å². The predicted molar refractivity (Wildman–Crippen MR) is 82.8 cm³/mol. The Morgan fingerprint density at radius 1 is 1.14 bits per heavy atom. The second kappa shape index (κ2) is 6.37. The molecule has 0 aliphatic heterocycles. The van der Waals surface area contributed by atoms with Crippen LogP contribution < -0.4 is 16.4 Å². The molecule has 4 nitrogen and oxygen atoms in total. The van der Waals surface area contributed by atoms with Gasteiger partial charge in [-0.2, -0.15) is 0 Å². The molecule has 0 fully saturated rings. The fourth-order valence-corrected chi connectivity index (χ4v) is 1.92. The summed E-state index contributed by atoms with van der Waals surface area (Å²) in [6.07, 6.45) is 0. The first-order valence-corrected chi connectivity index (χ1v) is 6.65. The van der Waals surface area contributed by atoms with Crippen LogP contribution in [0.4, 0.5) is 20.6 Å². The molecule has 5 heteroatoms. The Balaban J connectivity index is 2.04. The molecule has 4 N–H and O–H groups in total. The molecule has 0 saturated carbocycles. The van der Waals surface area contributed by atoms with Crippen molar-refractivity contribution in [2.45, 2.75) is 19.9 Å². The molecule has 0 spiro atoms. The fraction of sp³-hybridized carbons (Fsp3) is 0.188. The normalized spacial score (nSPS) is 11.8. The summed E-state index contributed by atoms with van der Waals surface area (Å²) in [5, 5.41) is 5.38. The van der Waals surface area contributed by atoms with Crippen molar-refractivity contribution < 1.29 is 9.18 Å². The molecular formula is C16H18FN3O. The monoisotopic (exact) mass is 287 g/mol. The number of hydrogen-bond donors (Lipinski definition) is 3. The van der Waals surface area contributed by atoms with Gasteiger partial charge in [-0.1, -0.05) is 12.1 Å². The Bertz CT molecular complexity index is 656. The van der Waals surface area contributed by atoms with E-state index in [2.05, 4.69) is 10.6 Å². The van der Waals surface area contributed by atoms with Gasteiger partial charge in [0.1, 0.15) is 5.82 Å². The second-order valence-corrected chi connectivity index (χ2v) is 4.96. The lowest BCUT2D eigenvalue weighted by Gasteiger charge is -2.11. The minimum atomic E-state index is -0.386. The summed E-state index contributed by atoms with van der Waals surface area (Å²) in [5.41, 5.74) is 8.41. The maximum absolute atomic E-state index is 13.2. The lowest BCUT2D eigenvalue weighted by atomic mass is 10.1. The molecule has 21 heavy (non-hydrogen) atoms. The molecule has 1 unspecified atom stereocenters. The van der Waals surface area contributed by atoms with Crippen LogP contribution in [0.3, 0.4) is 0 Å². The molecule has 0 saturated heterocycles. The molecule has 0 bridgehead atoms. The third-order valence-electron chi connectivity index (χ3n) is 3.09. The van der Waals surface area contributed by atoms with Crippen LogP contribution in [0.1, 0.15) is 24.1 Å². The number of nitrogens with two attached hydrogens (primary N) is 1. The number of amides is 2. The third-order valence-corrected chi connectivity index (χ3v) is 3.09. The number of halogens is 1. The zero-order valence-corrected chi connectivity index (χ0v) is 12.0. The van der Waals surface area contributed by atoms with Gasteiger partial charge in [0.25, 0.3) is 0 Å². The van der Waals surface area contributed by atoms with Crippen molar-refractivity contribution in [2.24, 2.45) is 5.73 Å². The number of aryl methyl sites for hydroxylation is 1. The van der Waals surface area contributed by atoms with Gasteiger partial charge in [-0.25, -0.2) is 9.18 Å². The number of urea groups is 1. The van der Waals surface area contributed by atoms with Crippen molar-refractivity contribution in [1.82, 2.24) is 0 Å². The SMILES string of the molecule is Cc1cc(NC(=O)Nc2cccc(C(C)N)c2)ccc1F. The number of carbonyl (C=O) groups is 1. The van der Waals surface area contributed by atoms with Crippen LogP contribution >= 0.6 is 0 Å². The Hall–Kier alpha value is -2.40. The molecule has 0 aromatic heterocycles. The first-order valence-electron chi connectivity index (χ1n) is 6.65. The van der Waals surface area contributed by atoms with Gasteiger partial charge in [0.2, 0.25) is 0 Å². The highest BCUT2D eigenvalue weighted by Crippen LogP contribution is 2.17. The molecule has 2 rings (SSSR count). The molecule has 1 atom stereocenters. The lowest BCUT2D eigenvalue weighted by molar-refractivity contribution is 0.262. The number of nitrogens with one attached hydrogen (secondary N) is 2. The summed E-state index contributed by atoms with van der Waals surface area (Å²) >= 11 is 0. The molecule has 0 radical (unpaired) electrons. The number of carbonyl (C=O) groups excluding carboxylic acids is 1. The highest BCUT2D eigenvalue weighted by Gasteiger charge is 2.06. The third kappa shape index (κ3) is 4.03. The first-order chi connectivity index (χ1) is 9.95. The van der Waals surface area contributed by atoms with Crippen molar-refractivity contribution in [3.05, 3.63) is 59.4 Å². The van der Waals surface area contributed by atoms with E-state index in [1.807, 2.05) is 25.1 Å². The average Bonchev–Trinajstić information content (AvgIpc) is 2.43. The van der Waals surface area contributed by atoms with Gasteiger partial charge in [0.05, 0.1) is 0 Å². The van der Waals surface area contributed by atoms with E-state index >= 15 is 0 Å². The van der Waals surface area contributed by atoms with Crippen LogP contribution in [0, 0.1) is 12.7 Å². The lowest BCUT2D eigenvalue weighted by Crippen LogP contribution is -2.19. The van der Waals surface area contributed by atoms with Crippen molar-refractivity contribution >= 4 is 17.4 Å². The van der Waals surface area contributed by atoms with E-state index in [1.54, 1.807) is 19.1 Å². The standard InChI is InChI=1S/C16H18FN3O/c1-10-8-14(6-7-15(10)17)20-16(21)19-13-5-3-4-12(9-13)11(2)18/h3-9,11H,18H2,1-2H3,(H2,19,20,21). The number of benzene rings is 2. The van der Waals surface area contributed by atoms with E-state index in [0.29, 0.717) is 16.9 Å². The zero-order chi connectivity index (χ0) is 15.4. The number of hydrogen-bond acceptors (Lipinski definition) is 2. The Kier molecular flexibility index (Phi) is 4.55. The van der Waals surface area contributed by atoms with Crippen LogP contribution in [0.2, 0.25) is 0 Å². The minimum absolute atomic E-state index is 0.102. The van der Waals surface area contributed by atoms with Gasteiger partial charge < -0.3 is 16.4 Å². The smallest absolute Gasteiger partial charge is 0.323 e. The van der Waals surface area contributed by atoms with Crippen LogP contribution in [0.5, 0.6) is 0 Å². The Labute approximate surface area is 123 Å². The molecule has 0 aliphatic carbocycles. The summed E-state index contributed by atoms with van der Waals surface area (Å²) in [6, 6.07) is 11.3. The second-order valence-electron chi connectivity index (χ2n) is 4.96. The Morgan fingerprint density at radius 2 is 1.81 bits per heavy atom. The van der Waals surface area contributed by atoms with Gasteiger partial charge in [0.15, 0.2) is 0 Å². The molecule has 2 amide bonds. The van der Waals surface area contributed by atoms with Crippen molar-refractivity contribution in [3.8, 4) is 0 Å².